The van der Waals surface area contributed by atoms with Crippen molar-refractivity contribution < 1.29 is 31.7 Å². The van der Waals surface area contributed by atoms with Crippen LogP contribution in [0.3, 0.4) is 0 Å². The number of rotatable bonds is 5. The van der Waals surface area contributed by atoms with Gasteiger partial charge in [-0.2, -0.15) is 8.42 Å². The Bertz CT molecular complexity index is 867. The summed E-state index contributed by atoms with van der Waals surface area (Å²) in [5.74, 6) is -1.36. The molecule has 7 nitrogen and oxygen atoms in total. The first-order valence-electron chi connectivity index (χ1n) is 6.57. The monoisotopic (exact) mass is 353 g/mol. The molecular formula is C15H12FNO6S. The van der Waals surface area contributed by atoms with E-state index in [0.29, 0.717) is 5.56 Å². The van der Waals surface area contributed by atoms with Crippen molar-refractivity contribution in [3.8, 4) is 0 Å². The lowest BCUT2D eigenvalue weighted by Gasteiger charge is -2.10. The zero-order chi connectivity index (χ0) is 17.7. The van der Waals surface area contributed by atoms with Crippen LogP contribution in [0.4, 0.5) is 14.4 Å². The highest BCUT2D eigenvalue weighted by atomic mass is 32.3. The summed E-state index contributed by atoms with van der Waals surface area (Å²) < 4.78 is 40.3. The van der Waals surface area contributed by atoms with E-state index in [4.69, 9.17) is 9.84 Å². The predicted molar refractivity (Wildman–Crippen MR) is 81.9 cm³/mol. The number of ether oxygens (including phenoxy) is 1. The van der Waals surface area contributed by atoms with Crippen molar-refractivity contribution in [1.29, 1.82) is 0 Å². The largest absolute Gasteiger partial charge is 0.478 e. The van der Waals surface area contributed by atoms with Crippen molar-refractivity contribution in [2.45, 2.75) is 11.5 Å². The van der Waals surface area contributed by atoms with Gasteiger partial charge in [0.1, 0.15) is 11.5 Å². The molecule has 2 aromatic carbocycles. The average molecular weight is 353 g/mol. The summed E-state index contributed by atoms with van der Waals surface area (Å²) in [6.07, 6.45) is -1.05. The molecule has 0 saturated carbocycles. The van der Waals surface area contributed by atoms with Gasteiger partial charge in [-0.1, -0.05) is 30.3 Å². The van der Waals surface area contributed by atoms with Crippen LogP contribution >= 0.6 is 0 Å². The first-order valence-corrected chi connectivity index (χ1v) is 7.95. The van der Waals surface area contributed by atoms with E-state index in [1.54, 1.807) is 30.3 Å². The maximum Gasteiger partial charge on any atom is 0.411 e. The highest BCUT2D eigenvalue weighted by molar-refractivity contribution is 7.86. The Balaban J connectivity index is 2.19. The van der Waals surface area contributed by atoms with Gasteiger partial charge in [-0.25, -0.2) is 9.59 Å². The van der Waals surface area contributed by atoms with Crippen molar-refractivity contribution in [1.82, 2.24) is 0 Å². The van der Waals surface area contributed by atoms with Crippen molar-refractivity contribution >= 4 is 28.0 Å². The number of amides is 1. The van der Waals surface area contributed by atoms with Gasteiger partial charge in [-0.3, -0.25) is 5.32 Å². The maximum absolute atomic E-state index is 13.2. The number of anilines is 1. The number of hydrogen-bond donors (Lipinski definition) is 2. The Hall–Kier alpha value is -2.94. The number of hydrogen-bond acceptors (Lipinski definition) is 5. The van der Waals surface area contributed by atoms with Gasteiger partial charge in [0.25, 0.3) is 0 Å². The fourth-order valence-corrected chi connectivity index (χ4v) is 2.45. The van der Waals surface area contributed by atoms with Gasteiger partial charge in [0.2, 0.25) is 0 Å². The van der Waals surface area contributed by atoms with Gasteiger partial charge < -0.3 is 9.84 Å². The van der Waals surface area contributed by atoms with Crippen LogP contribution in [0.25, 0.3) is 0 Å². The van der Waals surface area contributed by atoms with E-state index in [2.05, 4.69) is 0 Å². The minimum atomic E-state index is -5.15. The molecule has 126 valence electrons. The van der Waals surface area contributed by atoms with E-state index < -0.39 is 32.9 Å². The number of carbonyl (C=O) groups excluding carboxylic acids is 1. The molecule has 0 spiro atoms. The van der Waals surface area contributed by atoms with Gasteiger partial charge in [0, 0.05) is 0 Å². The molecule has 2 aromatic rings. The number of carboxylic acid groups (broad SMARTS) is 1. The van der Waals surface area contributed by atoms with Gasteiger partial charge >= 0.3 is 22.3 Å². The fraction of sp³-hybridized carbons (Fsp3) is 0.0667. The molecule has 0 bridgehead atoms. The van der Waals surface area contributed by atoms with Crippen LogP contribution in [0.5, 0.6) is 0 Å². The molecule has 24 heavy (non-hydrogen) atoms. The van der Waals surface area contributed by atoms with E-state index >= 15 is 0 Å². The average Bonchev–Trinajstić information content (AvgIpc) is 2.52. The number of benzene rings is 2. The summed E-state index contributed by atoms with van der Waals surface area (Å²) in [5.41, 5.74) is -0.151. The van der Waals surface area contributed by atoms with Crippen LogP contribution in [-0.4, -0.2) is 25.6 Å². The number of aromatic carboxylic acids is 1. The van der Waals surface area contributed by atoms with E-state index in [0.717, 1.165) is 18.2 Å². The second kappa shape index (κ2) is 7.09. The highest BCUT2D eigenvalue weighted by Crippen LogP contribution is 2.25. The predicted octanol–water partition coefficient (Wildman–Crippen LogP) is 2.79. The van der Waals surface area contributed by atoms with E-state index in [9.17, 15) is 21.9 Å². The van der Waals surface area contributed by atoms with E-state index in [-0.39, 0.29) is 12.2 Å². The molecule has 9 heteroatoms. The third-order valence-electron chi connectivity index (χ3n) is 2.94. The minimum Gasteiger partial charge on any atom is -0.478 e. The number of carbonyl (C=O) groups is 2. The first-order chi connectivity index (χ1) is 11.3. The second-order valence-corrected chi connectivity index (χ2v) is 5.96. The smallest absolute Gasteiger partial charge is 0.411 e. The fourth-order valence-electron chi connectivity index (χ4n) is 1.84. The second-order valence-electron chi connectivity index (χ2n) is 4.64. The molecule has 1 amide bonds. The third kappa shape index (κ3) is 4.53. The van der Waals surface area contributed by atoms with E-state index in [1.165, 1.54) is 0 Å². The zero-order valence-electron chi connectivity index (χ0n) is 12.1. The summed E-state index contributed by atoms with van der Waals surface area (Å²) >= 11 is 0. The minimum absolute atomic E-state index is 0.0942. The molecule has 0 fully saturated rings. The Kier molecular flexibility index (Phi) is 5.14. The molecule has 2 rings (SSSR count). The van der Waals surface area contributed by atoms with Gasteiger partial charge in [-0.05, 0) is 23.8 Å². The molecule has 0 aliphatic rings. The van der Waals surface area contributed by atoms with Crippen molar-refractivity contribution in [3.05, 3.63) is 59.7 Å². The third-order valence-corrected chi connectivity index (χ3v) is 3.82. The Labute approximate surface area is 136 Å². The standard InChI is InChI=1S/C15H12FNO6S/c16-24(21,22)13-7-6-11(14(18)19)8-12(13)17-15(20)23-9-10-4-2-1-3-5-10/h1-8H,9H2,(H,17,20)(H,18,19). The van der Waals surface area contributed by atoms with Crippen LogP contribution in [0.1, 0.15) is 15.9 Å². The number of carboxylic acids is 1. The number of nitrogens with one attached hydrogen (secondary N) is 1. The van der Waals surface area contributed by atoms with Crippen LogP contribution in [-0.2, 0) is 21.6 Å². The van der Waals surface area contributed by atoms with Crippen molar-refractivity contribution in [2.24, 2.45) is 0 Å². The summed E-state index contributed by atoms with van der Waals surface area (Å²) in [7, 11) is -5.15. The summed E-state index contributed by atoms with van der Waals surface area (Å²) in [6.45, 7) is -0.0942. The van der Waals surface area contributed by atoms with Gasteiger partial charge in [0.15, 0.2) is 0 Å². The molecule has 0 saturated heterocycles. The van der Waals surface area contributed by atoms with Crippen molar-refractivity contribution in [3.63, 3.8) is 0 Å². The molecule has 0 aliphatic heterocycles. The lowest BCUT2D eigenvalue weighted by Crippen LogP contribution is -2.16. The van der Waals surface area contributed by atoms with Crippen LogP contribution in [0.2, 0.25) is 0 Å². The summed E-state index contributed by atoms with van der Waals surface area (Å²) in [4.78, 5) is 21.8. The molecular weight excluding hydrogens is 341 g/mol. The van der Waals surface area contributed by atoms with Gasteiger partial charge in [-0.15, -0.1) is 3.89 Å². The Morgan fingerprint density at radius 2 is 1.79 bits per heavy atom. The maximum atomic E-state index is 13.2. The first kappa shape index (κ1) is 17.4. The summed E-state index contributed by atoms with van der Waals surface area (Å²) in [5, 5.41) is 10.9. The lowest BCUT2D eigenvalue weighted by atomic mass is 10.2. The Morgan fingerprint density at radius 1 is 1.12 bits per heavy atom. The molecule has 0 unspecified atom stereocenters. The topological polar surface area (TPSA) is 110 Å². The molecule has 0 atom stereocenters. The molecule has 0 aliphatic carbocycles. The Morgan fingerprint density at radius 3 is 2.38 bits per heavy atom. The van der Waals surface area contributed by atoms with Gasteiger partial charge in [0.05, 0.1) is 11.3 Å². The lowest BCUT2D eigenvalue weighted by molar-refractivity contribution is 0.0696. The quantitative estimate of drug-likeness (QED) is 0.800. The van der Waals surface area contributed by atoms with Crippen LogP contribution in [0.15, 0.2) is 53.4 Å². The van der Waals surface area contributed by atoms with Crippen LogP contribution < -0.4 is 5.32 Å². The molecule has 2 N–H and O–H groups in total. The molecule has 0 aromatic heterocycles. The molecule has 0 heterocycles. The summed E-state index contributed by atoms with van der Waals surface area (Å²) in [6, 6.07) is 11.2. The zero-order valence-corrected chi connectivity index (χ0v) is 12.9. The van der Waals surface area contributed by atoms with Crippen molar-refractivity contribution in [2.75, 3.05) is 5.32 Å². The van der Waals surface area contributed by atoms with E-state index in [1.807, 2.05) is 5.32 Å². The number of halogens is 1. The highest BCUT2D eigenvalue weighted by Gasteiger charge is 2.21. The van der Waals surface area contributed by atoms with Crippen LogP contribution in [0, 0.1) is 0 Å². The molecule has 0 radical (unpaired) electrons. The normalized spacial score (nSPS) is 10.9. The SMILES string of the molecule is O=C(Nc1cc(C(=O)O)ccc1S(=O)(=O)F)OCc1ccccc1.